The van der Waals surface area contributed by atoms with E-state index in [0.717, 1.165) is 12.1 Å². The molecular weight excluding hydrogens is 547 g/mol. The fourth-order valence-corrected chi connectivity index (χ4v) is 5.56. The van der Waals surface area contributed by atoms with E-state index in [1.165, 1.54) is 18.0 Å². The molecule has 218 valence electrons. The van der Waals surface area contributed by atoms with Crippen molar-refractivity contribution in [1.82, 2.24) is 15.0 Å². The minimum absolute atomic E-state index is 0.0266. The molecule has 0 bridgehead atoms. The maximum atomic E-state index is 14.0. The summed E-state index contributed by atoms with van der Waals surface area (Å²) in [6, 6.07) is 7.30. The Morgan fingerprint density at radius 1 is 1.10 bits per heavy atom. The number of benzene rings is 2. The Kier molecular flexibility index (Phi) is 7.00. The van der Waals surface area contributed by atoms with Crippen LogP contribution in [0.3, 0.4) is 0 Å². The molecule has 0 radical (unpaired) electrons. The highest BCUT2D eigenvalue weighted by molar-refractivity contribution is 5.90. The molecule has 3 fully saturated rings. The molecule has 3 aromatic rings. The third-order valence-electron chi connectivity index (χ3n) is 7.46. The predicted octanol–water partition coefficient (Wildman–Crippen LogP) is 4.19. The first-order chi connectivity index (χ1) is 19.6. The number of halogens is 3. The Labute approximate surface area is 233 Å². The fraction of sp³-hybridized carbons (Fsp3) is 0.464. The molecule has 2 aromatic carbocycles. The Hall–Kier alpha value is -3.52. The number of fused-ring (bicyclic) bond motifs is 1. The lowest BCUT2D eigenvalue weighted by Crippen LogP contribution is -2.67. The minimum Gasteiger partial charge on any atom is -0.497 e. The molecule has 0 amide bonds. The van der Waals surface area contributed by atoms with Crippen LogP contribution >= 0.6 is 0 Å². The van der Waals surface area contributed by atoms with Crippen molar-refractivity contribution in [3.63, 3.8) is 0 Å². The van der Waals surface area contributed by atoms with E-state index >= 15 is 0 Å². The number of rotatable bonds is 5. The molecule has 0 N–H and O–H groups in total. The number of hydrogen-bond acceptors (Lipinski definition) is 9. The molecule has 6 rings (SSSR count). The molecule has 3 aliphatic heterocycles. The van der Waals surface area contributed by atoms with Crippen LogP contribution in [0.1, 0.15) is 43.1 Å². The van der Waals surface area contributed by atoms with E-state index in [2.05, 4.69) is 10.3 Å². The summed E-state index contributed by atoms with van der Waals surface area (Å²) in [5, 5.41) is 8.32. The summed E-state index contributed by atoms with van der Waals surface area (Å²) in [6.07, 6.45) is -0.00194. The van der Waals surface area contributed by atoms with Gasteiger partial charge in [-0.05, 0) is 50.6 Å². The van der Waals surface area contributed by atoms with Crippen LogP contribution in [-0.4, -0.2) is 71.2 Å². The number of esters is 1. The topological polar surface area (TPSA) is 103 Å². The molecule has 1 aromatic heterocycles. The minimum atomic E-state index is -1.59. The number of nitrogens with zero attached hydrogens (tertiary/aromatic N) is 3. The standard InChI is InChI=1S/C28H28F3N3O7/c1-27(2)38-14-21-24(41-27)23(34-13-20(32-33-34)16-11-18(29)22(31)19(30)12-16)25(28(40-21)8-5-9-37-28)39-26(35)15-6-4-7-17(10-15)36-3/h4,6-7,10-13,21,23-25H,5,8-9,14H2,1-3H3/t21-,23-,24+,25-,28+/m1/s1. The maximum absolute atomic E-state index is 14.0. The molecule has 3 saturated heterocycles. The second-order valence-electron chi connectivity index (χ2n) is 10.6. The molecule has 41 heavy (non-hydrogen) atoms. The lowest BCUT2D eigenvalue weighted by atomic mass is 9.87. The van der Waals surface area contributed by atoms with Gasteiger partial charge in [0, 0.05) is 12.0 Å². The average molecular weight is 576 g/mol. The lowest BCUT2D eigenvalue weighted by molar-refractivity contribution is -0.398. The second-order valence-corrected chi connectivity index (χ2v) is 10.6. The Morgan fingerprint density at radius 2 is 1.88 bits per heavy atom. The van der Waals surface area contributed by atoms with Crippen molar-refractivity contribution < 1.29 is 46.4 Å². The first-order valence-electron chi connectivity index (χ1n) is 13.1. The van der Waals surface area contributed by atoms with Crippen LogP contribution in [0.2, 0.25) is 0 Å². The molecule has 0 unspecified atom stereocenters. The highest BCUT2D eigenvalue weighted by Gasteiger charge is 2.62. The lowest BCUT2D eigenvalue weighted by Gasteiger charge is -2.53. The quantitative estimate of drug-likeness (QED) is 0.327. The summed E-state index contributed by atoms with van der Waals surface area (Å²) < 4.78 is 79.1. The Balaban J connectivity index is 1.43. The van der Waals surface area contributed by atoms with Crippen molar-refractivity contribution in [2.24, 2.45) is 0 Å². The largest absolute Gasteiger partial charge is 0.497 e. The molecule has 5 atom stereocenters. The van der Waals surface area contributed by atoms with Gasteiger partial charge in [0.15, 0.2) is 29.3 Å². The van der Waals surface area contributed by atoms with Crippen molar-refractivity contribution in [1.29, 1.82) is 0 Å². The first kappa shape index (κ1) is 27.6. The van der Waals surface area contributed by atoms with E-state index in [9.17, 15) is 18.0 Å². The normalized spacial score (nSPS) is 28.8. The van der Waals surface area contributed by atoms with Crippen LogP contribution < -0.4 is 4.74 Å². The molecule has 4 heterocycles. The van der Waals surface area contributed by atoms with E-state index in [1.807, 2.05) is 0 Å². The Bertz CT molecular complexity index is 1440. The Morgan fingerprint density at radius 3 is 2.59 bits per heavy atom. The molecule has 1 spiro atoms. The molecule has 10 nitrogen and oxygen atoms in total. The number of ether oxygens (including phenoxy) is 6. The zero-order valence-corrected chi connectivity index (χ0v) is 22.5. The number of aromatic nitrogens is 3. The van der Waals surface area contributed by atoms with Gasteiger partial charge in [-0.3, -0.25) is 0 Å². The zero-order chi connectivity index (χ0) is 28.9. The zero-order valence-electron chi connectivity index (χ0n) is 22.5. The van der Waals surface area contributed by atoms with E-state index in [4.69, 9.17) is 28.4 Å². The second kappa shape index (κ2) is 10.4. The van der Waals surface area contributed by atoms with Crippen LogP contribution in [0.4, 0.5) is 13.2 Å². The third kappa shape index (κ3) is 5.07. The number of methoxy groups -OCH3 is 1. The summed E-state index contributed by atoms with van der Waals surface area (Å²) in [5.41, 5.74) is 0.279. The molecule has 0 saturated carbocycles. The fourth-order valence-electron chi connectivity index (χ4n) is 5.56. The first-order valence-corrected chi connectivity index (χ1v) is 13.1. The molecule has 0 aliphatic carbocycles. The maximum Gasteiger partial charge on any atom is 0.338 e. The molecular formula is C28H28F3N3O7. The van der Waals surface area contributed by atoms with Gasteiger partial charge in [0.2, 0.25) is 5.79 Å². The number of carbonyl (C=O) groups is 1. The summed E-state index contributed by atoms with van der Waals surface area (Å²) in [5.74, 6) is -6.87. The van der Waals surface area contributed by atoms with Crippen LogP contribution in [-0.2, 0) is 23.7 Å². The predicted molar refractivity (Wildman–Crippen MR) is 134 cm³/mol. The SMILES string of the molecule is COc1cccc(C(=O)O[C@@H]2[C@H](n3cc(-c4cc(F)c(F)c(F)c4)nn3)[C@H]3OC(C)(C)OC[C@H]3O[C@@]23CCCO3)c1. The van der Waals surface area contributed by atoms with Gasteiger partial charge in [0.25, 0.3) is 0 Å². The van der Waals surface area contributed by atoms with Gasteiger partial charge < -0.3 is 28.4 Å². The van der Waals surface area contributed by atoms with E-state index < -0.39 is 59.3 Å². The monoisotopic (exact) mass is 575 g/mol. The highest BCUT2D eigenvalue weighted by atomic mass is 19.2. The van der Waals surface area contributed by atoms with Crippen LogP contribution in [0, 0.1) is 17.5 Å². The van der Waals surface area contributed by atoms with Gasteiger partial charge in [-0.25, -0.2) is 22.6 Å². The van der Waals surface area contributed by atoms with E-state index in [0.29, 0.717) is 25.2 Å². The molecule has 13 heteroatoms. The third-order valence-corrected chi connectivity index (χ3v) is 7.46. The van der Waals surface area contributed by atoms with Crippen molar-refractivity contribution in [2.75, 3.05) is 20.3 Å². The smallest absolute Gasteiger partial charge is 0.338 e. The van der Waals surface area contributed by atoms with Gasteiger partial charge in [-0.2, -0.15) is 0 Å². The van der Waals surface area contributed by atoms with Gasteiger partial charge in [0.05, 0.1) is 32.1 Å². The highest BCUT2D eigenvalue weighted by Crippen LogP contribution is 2.48. The summed E-state index contributed by atoms with van der Waals surface area (Å²) in [6.45, 7) is 4.00. The van der Waals surface area contributed by atoms with Gasteiger partial charge in [-0.15, -0.1) is 5.10 Å². The van der Waals surface area contributed by atoms with Crippen molar-refractivity contribution in [3.8, 4) is 17.0 Å². The number of carbonyl (C=O) groups excluding carboxylic acids is 1. The molecule has 3 aliphatic rings. The van der Waals surface area contributed by atoms with Gasteiger partial charge in [-0.1, -0.05) is 11.3 Å². The van der Waals surface area contributed by atoms with E-state index in [-0.39, 0.29) is 23.4 Å². The van der Waals surface area contributed by atoms with Crippen LogP contribution in [0.15, 0.2) is 42.6 Å². The van der Waals surface area contributed by atoms with Crippen molar-refractivity contribution in [2.45, 2.75) is 62.6 Å². The van der Waals surface area contributed by atoms with Crippen LogP contribution in [0.25, 0.3) is 11.3 Å². The van der Waals surface area contributed by atoms with Crippen molar-refractivity contribution in [3.05, 3.63) is 65.6 Å². The number of hydrogen-bond donors (Lipinski definition) is 0. The average Bonchev–Trinajstić information content (AvgIpc) is 3.63. The van der Waals surface area contributed by atoms with Gasteiger partial charge in [0.1, 0.15) is 29.7 Å². The summed E-state index contributed by atoms with van der Waals surface area (Å²) >= 11 is 0. The summed E-state index contributed by atoms with van der Waals surface area (Å²) in [7, 11) is 1.49. The summed E-state index contributed by atoms with van der Waals surface area (Å²) in [4.78, 5) is 13.5. The van der Waals surface area contributed by atoms with Gasteiger partial charge >= 0.3 is 5.97 Å². The van der Waals surface area contributed by atoms with E-state index in [1.54, 1.807) is 38.1 Å². The van der Waals surface area contributed by atoms with Crippen molar-refractivity contribution >= 4 is 5.97 Å². The van der Waals surface area contributed by atoms with Crippen LogP contribution in [0.5, 0.6) is 5.75 Å².